The maximum Gasteiger partial charge on any atom is 0.120 e. The molecule has 0 fully saturated rings. The van der Waals surface area contributed by atoms with Gasteiger partial charge in [0.1, 0.15) is 5.75 Å². The van der Waals surface area contributed by atoms with E-state index in [0.717, 1.165) is 0 Å². The first-order valence-corrected chi connectivity index (χ1v) is 4.91. The molecule has 0 aromatic heterocycles. The number of benzene rings is 1. The zero-order chi connectivity index (χ0) is 11.3. The summed E-state index contributed by atoms with van der Waals surface area (Å²) in [7, 11) is 1.56. The molecule has 1 aromatic rings. The number of ether oxygens (including phenoxy) is 1. The first-order chi connectivity index (χ1) is 7.17. The highest BCUT2D eigenvalue weighted by atomic mass is 35.5. The van der Waals surface area contributed by atoms with Crippen molar-refractivity contribution in [1.29, 1.82) is 0 Å². The van der Waals surface area contributed by atoms with Gasteiger partial charge in [-0.3, -0.25) is 0 Å². The van der Waals surface area contributed by atoms with Crippen molar-refractivity contribution in [3.8, 4) is 5.75 Å². The Balaban J connectivity index is 2.62. The van der Waals surface area contributed by atoms with Gasteiger partial charge in [0.25, 0.3) is 0 Å². The molecule has 0 saturated carbocycles. The van der Waals surface area contributed by atoms with Gasteiger partial charge in [-0.25, -0.2) is 0 Å². The van der Waals surface area contributed by atoms with Crippen LogP contribution in [0.3, 0.4) is 0 Å². The molecular formula is C10H14ClNO3. The number of aliphatic hydroxyl groups is 2. The number of rotatable bonds is 5. The monoisotopic (exact) mass is 231 g/mol. The predicted octanol–water partition coefficient (Wildman–Crippen LogP) is 1.11. The van der Waals surface area contributed by atoms with Crippen LogP contribution in [-0.4, -0.2) is 36.6 Å². The minimum absolute atomic E-state index is 0.253. The topological polar surface area (TPSA) is 61.7 Å². The van der Waals surface area contributed by atoms with Crippen LogP contribution in [0.1, 0.15) is 0 Å². The maximum absolute atomic E-state index is 9.13. The molecule has 5 heteroatoms. The van der Waals surface area contributed by atoms with Gasteiger partial charge in [-0.1, -0.05) is 11.6 Å². The second-order valence-corrected chi connectivity index (χ2v) is 3.47. The molecule has 0 aliphatic heterocycles. The Morgan fingerprint density at radius 3 is 2.80 bits per heavy atom. The molecule has 84 valence electrons. The normalized spacial score (nSPS) is 12.3. The molecule has 1 unspecified atom stereocenters. The summed E-state index contributed by atoms with van der Waals surface area (Å²) in [5.41, 5.74) is 0.699. The number of halogens is 1. The molecule has 0 radical (unpaired) electrons. The van der Waals surface area contributed by atoms with Gasteiger partial charge in [-0.15, -0.1) is 0 Å². The van der Waals surface area contributed by atoms with Crippen LogP contribution in [0, 0.1) is 0 Å². The Labute approximate surface area is 93.4 Å². The van der Waals surface area contributed by atoms with Gasteiger partial charge in [0.05, 0.1) is 30.5 Å². The zero-order valence-corrected chi connectivity index (χ0v) is 9.16. The molecular weight excluding hydrogens is 218 g/mol. The largest absolute Gasteiger partial charge is 0.497 e. The van der Waals surface area contributed by atoms with E-state index in [9.17, 15) is 0 Å². The van der Waals surface area contributed by atoms with Crippen molar-refractivity contribution in [2.45, 2.75) is 6.10 Å². The van der Waals surface area contributed by atoms with Crippen molar-refractivity contribution < 1.29 is 14.9 Å². The Morgan fingerprint density at radius 2 is 2.27 bits per heavy atom. The molecule has 4 nitrogen and oxygen atoms in total. The lowest BCUT2D eigenvalue weighted by Gasteiger charge is -2.12. The highest BCUT2D eigenvalue weighted by molar-refractivity contribution is 6.33. The Bertz CT molecular complexity index is 320. The molecule has 15 heavy (non-hydrogen) atoms. The van der Waals surface area contributed by atoms with E-state index in [1.807, 2.05) is 0 Å². The lowest BCUT2D eigenvalue weighted by Crippen LogP contribution is -2.23. The molecule has 0 aliphatic rings. The molecule has 0 saturated heterocycles. The lowest BCUT2D eigenvalue weighted by molar-refractivity contribution is 0.105. The molecule has 1 atom stereocenters. The quantitative estimate of drug-likeness (QED) is 0.711. The SMILES string of the molecule is COc1ccc(NCC(O)CO)c(Cl)c1. The third-order valence-corrected chi connectivity index (χ3v) is 2.23. The van der Waals surface area contributed by atoms with E-state index >= 15 is 0 Å². The third kappa shape index (κ3) is 3.58. The summed E-state index contributed by atoms with van der Waals surface area (Å²) in [6.07, 6.45) is -0.789. The van der Waals surface area contributed by atoms with E-state index in [2.05, 4.69) is 5.32 Å². The van der Waals surface area contributed by atoms with E-state index in [0.29, 0.717) is 16.5 Å². The summed E-state index contributed by atoms with van der Waals surface area (Å²) >= 11 is 5.95. The molecule has 0 bridgehead atoms. The fourth-order valence-electron chi connectivity index (χ4n) is 1.06. The Morgan fingerprint density at radius 1 is 1.53 bits per heavy atom. The van der Waals surface area contributed by atoms with Crippen LogP contribution in [-0.2, 0) is 0 Å². The number of methoxy groups -OCH3 is 1. The van der Waals surface area contributed by atoms with Crippen LogP contribution in [0.15, 0.2) is 18.2 Å². The van der Waals surface area contributed by atoms with Crippen molar-refractivity contribution in [2.24, 2.45) is 0 Å². The van der Waals surface area contributed by atoms with Crippen molar-refractivity contribution in [3.05, 3.63) is 23.2 Å². The van der Waals surface area contributed by atoms with Crippen LogP contribution in [0.25, 0.3) is 0 Å². The average molecular weight is 232 g/mol. The van der Waals surface area contributed by atoms with E-state index in [1.54, 1.807) is 25.3 Å². The Kier molecular flexibility index (Phi) is 4.68. The van der Waals surface area contributed by atoms with Crippen LogP contribution in [0.5, 0.6) is 5.75 Å². The number of aliphatic hydroxyl groups excluding tert-OH is 2. The summed E-state index contributed by atoms with van der Waals surface area (Å²) in [5.74, 6) is 0.674. The van der Waals surface area contributed by atoms with Crippen molar-refractivity contribution in [3.63, 3.8) is 0 Å². The van der Waals surface area contributed by atoms with Gasteiger partial charge in [-0.2, -0.15) is 0 Å². The smallest absolute Gasteiger partial charge is 0.120 e. The van der Waals surface area contributed by atoms with Crippen LogP contribution < -0.4 is 10.1 Å². The molecule has 1 rings (SSSR count). The van der Waals surface area contributed by atoms with E-state index in [4.69, 9.17) is 26.6 Å². The summed E-state index contributed by atoms with van der Waals surface area (Å²) in [6.45, 7) is -0.0245. The van der Waals surface area contributed by atoms with Crippen molar-refractivity contribution in [1.82, 2.24) is 0 Å². The minimum atomic E-state index is -0.789. The molecule has 3 N–H and O–H groups in total. The van der Waals surface area contributed by atoms with Crippen LogP contribution in [0.2, 0.25) is 5.02 Å². The number of hydrogen-bond acceptors (Lipinski definition) is 4. The van der Waals surface area contributed by atoms with E-state index in [1.165, 1.54) is 0 Å². The minimum Gasteiger partial charge on any atom is -0.497 e. The van der Waals surface area contributed by atoms with Gasteiger partial charge in [-0.05, 0) is 12.1 Å². The lowest BCUT2D eigenvalue weighted by atomic mass is 10.3. The first-order valence-electron chi connectivity index (χ1n) is 4.53. The number of hydrogen-bond donors (Lipinski definition) is 3. The third-order valence-electron chi connectivity index (χ3n) is 1.92. The fourth-order valence-corrected chi connectivity index (χ4v) is 1.30. The van der Waals surface area contributed by atoms with Gasteiger partial charge < -0.3 is 20.3 Å². The highest BCUT2D eigenvalue weighted by Gasteiger charge is 2.05. The van der Waals surface area contributed by atoms with E-state index in [-0.39, 0.29) is 13.2 Å². The summed E-state index contributed by atoms with van der Waals surface area (Å²) in [5, 5.41) is 21.2. The molecule has 0 spiro atoms. The van der Waals surface area contributed by atoms with Gasteiger partial charge in [0.15, 0.2) is 0 Å². The van der Waals surface area contributed by atoms with Gasteiger partial charge >= 0.3 is 0 Å². The van der Waals surface area contributed by atoms with Crippen molar-refractivity contribution >= 4 is 17.3 Å². The maximum atomic E-state index is 9.13. The first kappa shape index (κ1) is 12.1. The number of anilines is 1. The number of nitrogens with one attached hydrogen (secondary N) is 1. The molecule has 1 aromatic carbocycles. The fraction of sp³-hybridized carbons (Fsp3) is 0.400. The Hall–Kier alpha value is -0.970. The van der Waals surface area contributed by atoms with Gasteiger partial charge in [0.2, 0.25) is 0 Å². The summed E-state index contributed by atoms with van der Waals surface area (Å²) < 4.78 is 5.00. The molecule has 0 amide bonds. The standard InChI is InChI=1S/C10H14ClNO3/c1-15-8-2-3-10(9(11)4-8)12-5-7(14)6-13/h2-4,7,12-14H,5-6H2,1H3. The average Bonchev–Trinajstić information content (AvgIpc) is 2.26. The second kappa shape index (κ2) is 5.80. The predicted molar refractivity (Wildman–Crippen MR) is 59.6 cm³/mol. The second-order valence-electron chi connectivity index (χ2n) is 3.06. The zero-order valence-electron chi connectivity index (χ0n) is 8.40. The highest BCUT2D eigenvalue weighted by Crippen LogP contribution is 2.26. The summed E-state index contributed by atoms with van der Waals surface area (Å²) in [4.78, 5) is 0. The van der Waals surface area contributed by atoms with Crippen LogP contribution in [0.4, 0.5) is 5.69 Å². The van der Waals surface area contributed by atoms with Gasteiger partial charge in [0, 0.05) is 12.6 Å². The van der Waals surface area contributed by atoms with Crippen molar-refractivity contribution in [2.75, 3.05) is 25.6 Å². The molecule has 0 heterocycles. The molecule has 0 aliphatic carbocycles. The van der Waals surface area contributed by atoms with Crippen LogP contribution >= 0.6 is 11.6 Å². The summed E-state index contributed by atoms with van der Waals surface area (Å²) in [6, 6.07) is 5.19. The van der Waals surface area contributed by atoms with E-state index < -0.39 is 6.10 Å².